The minimum absolute atomic E-state index is 0.0548. The Morgan fingerprint density at radius 3 is 2.61 bits per heavy atom. The summed E-state index contributed by atoms with van der Waals surface area (Å²) in [6.07, 6.45) is 7.29. The van der Waals surface area contributed by atoms with Crippen LogP contribution in [0.4, 0.5) is 0 Å². The molecule has 0 atom stereocenters. The van der Waals surface area contributed by atoms with E-state index in [1.54, 1.807) is 18.5 Å². The molecule has 0 aromatic carbocycles. The standard InChI is InChI=1S/C15H18N4O3S/c20-11-9-19(12(21)10-23-14-16-7-4-8-17-14)15(13(22)18-11)5-2-1-3-6-15/h4,7-8H,1-3,5-6,9-10H2,(H,18,20,22). The van der Waals surface area contributed by atoms with E-state index in [4.69, 9.17) is 0 Å². The molecular weight excluding hydrogens is 316 g/mol. The number of amides is 3. The number of nitrogens with zero attached hydrogens (tertiary/aromatic N) is 3. The van der Waals surface area contributed by atoms with Gasteiger partial charge in [0.1, 0.15) is 12.1 Å². The second kappa shape index (κ2) is 6.66. The fourth-order valence-electron chi connectivity index (χ4n) is 3.22. The number of nitrogens with one attached hydrogen (secondary N) is 1. The van der Waals surface area contributed by atoms with E-state index in [2.05, 4.69) is 15.3 Å². The zero-order valence-corrected chi connectivity index (χ0v) is 13.5. The van der Waals surface area contributed by atoms with E-state index in [-0.39, 0.29) is 24.1 Å². The monoisotopic (exact) mass is 334 g/mol. The first-order valence-electron chi connectivity index (χ1n) is 7.66. The van der Waals surface area contributed by atoms with Crippen molar-refractivity contribution in [3.05, 3.63) is 18.5 Å². The molecule has 0 bridgehead atoms. The van der Waals surface area contributed by atoms with E-state index >= 15 is 0 Å². The van der Waals surface area contributed by atoms with Crippen LogP contribution in [0.5, 0.6) is 0 Å². The molecule has 1 aromatic rings. The number of imide groups is 1. The molecule has 8 heteroatoms. The number of piperazine rings is 1. The van der Waals surface area contributed by atoms with Crippen molar-refractivity contribution >= 4 is 29.5 Å². The second-order valence-electron chi connectivity index (χ2n) is 5.77. The van der Waals surface area contributed by atoms with E-state index in [0.717, 1.165) is 19.3 Å². The highest BCUT2D eigenvalue weighted by molar-refractivity contribution is 7.99. The number of hydrogen-bond donors (Lipinski definition) is 1. The third kappa shape index (κ3) is 3.21. The molecule has 2 fully saturated rings. The van der Waals surface area contributed by atoms with Crippen LogP contribution in [0.2, 0.25) is 0 Å². The van der Waals surface area contributed by atoms with Crippen molar-refractivity contribution < 1.29 is 14.4 Å². The van der Waals surface area contributed by atoms with E-state index in [9.17, 15) is 14.4 Å². The van der Waals surface area contributed by atoms with Gasteiger partial charge in [0, 0.05) is 12.4 Å². The van der Waals surface area contributed by atoms with Crippen molar-refractivity contribution in [2.75, 3.05) is 12.3 Å². The van der Waals surface area contributed by atoms with Gasteiger partial charge in [-0.25, -0.2) is 9.97 Å². The lowest BCUT2D eigenvalue weighted by Gasteiger charge is -2.47. The molecule has 1 aliphatic heterocycles. The van der Waals surface area contributed by atoms with Crippen LogP contribution < -0.4 is 5.32 Å². The lowest BCUT2D eigenvalue weighted by Crippen LogP contribution is -2.69. The molecule has 1 saturated carbocycles. The van der Waals surface area contributed by atoms with Gasteiger partial charge >= 0.3 is 0 Å². The van der Waals surface area contributed by atoms with Crippen molar-refractivity contribution in [2.45, 2.75) is 42.8 Å². The van der Waals surface area contributed by atoms with Crippen molar-refractivity contribution in [2.24, 2.45) is 0 Å². The van der Waals surface area contributed by atoms with E-state index in [1.807, 2.05) is 0 Å². The summed E-state index contributed by atoms with van der Waals surface area (Å²) in [6, 6.07) is 1.70. The molecule has 1 N–H and O–H groups in total. The summed E-state index contributed by atoms with van der Waals surface area (Å²) in [4.78, 5) is 46.4. The Hall–Kier alpha value is -1.96. The molecule has 23 heavy (non-hydrogen) atoms. The van der Waals surface area contributed by atoms with Crippen LogP contribution in [0.3, 0.4) is 0 Å². The Labute approximate surface area is 138 Å². The quantitative estimate of drug-likeness (QED) is 0.498. The molecule has 1 spiro atoms. The molecule has 1 saturated heterocycles. The Balaban J connectivity index is 1.75. The SMILES string of the molecule is O=C1CN(C(=O)CSc2ncccn2)C2(CCCCC2)C(=O)N1. The first kappa shape index (κ1) is 15.9. The summed E-state index contributed by atoms with van der Waals surface area (Å²) in [5.74, 6) is -0.845. The highest BCUT2D eigenvalue weighted by Crippen LogP contribution is 2.36. The van der Waals surface area contributed by atoms with Crippen LogP contribution in [0, 0.1) is 0 Å². The molecule has 2 aliphatic rings. The van der Waals surface area contributed by atoms with Crippen LogP contribution in [-0.2, 0) is 14.4 Å². The van der Waals surface area contributed by atoms with Crippen LogP contribution in [0.1, 0.15) is 32.1 Å². The normalized spacial score (nSPS) is 20.4. The van der Waals surface area contributed by atoms with Gasteiger partial charge in [0.25, 0.3) is 5.91 Å². The zero-order valence-electron chi connectivity index (χ0n) is 12.7. The Kier molecular flexibility index (Phi) is 4.61. The zero-order chi connectivity index (χ0) is 16.3. The van der Waals surface area contributed by atoms with Crippen molar-refractivity contribution in [1.29, 1.82) is 0 Å². The van der Waals surface area contributed by atoms with Gasteiger partial charge in [-0.05, 0) is 18.9 Å². The Morgan fingerprint density at radius 2 is 1.91 bits per heavy atom. The van der Waals surface area contributed by atoms with Crippen LogP contribution in [0.15, 0.2) is 23.6 Å². The maximum Gasteiger partial charge on any atom is 0.252 e. The maximum atomic E-state index is 12.7. The number of thioether (sulfide) groups is 1. The predicted molar refractivity (Wildman–Crippen MR) is 83.4 cm³/mol. The lowest BCUT2D eigenvalue weighted by atomic mass is 9.78. The third-order valence-corrected chi connectivity index (χ3v) is 5.20. The fraction of sp³-hybridized carbons (Fsp3) is 0.533. The summed E-state index contributed by atoms with van der Waals surface area (Å²) in [5, 5.41) is 2.90. The second-order valence-corrected chi connectivity index (χ2v) is 6.71. The Bertz CT molecular complexity index is 616. The molecule has 2 heterocycles. The highest BCUT2D eigenvalue weighted by atomic mass is 32.2. The van der Waals surface area contributed by atoms with E-state index < -0.39 is 11.4 Å². The summed E-state index contributed by atoms with van der Waals surface area (Å²) in [5.41, 5.74) is -0.860. The van der Waals surface area contributed by atoms with Gasteiger partial charge in [0.05, 0.1) is 5.75 Å². The molecule has 1 aliphatic carbocycles. The van der Waals surface area contributed by atoms with E-state index in [0.29, 0.717) is 18.0 Å². The van der Waals surface area contributed by atoms with Gasteiger partial charge in [-0.1, -0.05) is 31.0 Å². The number of hydrogen-bond acceptors (Lipinski definition) is 6. The number of rotatable bonds is 3. The molecule has 122 valence electrons. The van der Waals surface area contributed by atoms with Gasteiger partial charge in [0.2, 0.25) is 11.8 Å². The van der Waals surface area contributed by atoms with Gasteiger partial charge in [-0.15, -0.1) is 0 Å². The van der Waals surface area contributed by atoms with Gasteiger partial charge in [-0.3, -0.25) is 19.7 Å². The largest absolute Gasteiger partial charge is 0.318 e. The molecular formula is C15H18N4O3S. The molecule has 1 aromatic heterocycles. The fourth-order valence-corrected chi connectivity index (χ4v) is 3.90. The van der Waals surface area contributed by atoms with Gasteiger partial charge < -0.3 is 4.90 Å². The average molecular weight is 334 g/mol. The number of carbonyl (C=O) groups excluding carboxylic acids is 3. The third-order valence-electron chi connectivity index (χ3n) is 4.34. The molecule has 3 amide bonds. The number of aromatic nitrogens is 2. The summed E-state index contributed by atoms with van der Waals surface area (Å²) in [7, 11) is 0. The Morgan fingerprint density at radius 1 is 1.22 bits per heavy atom. The van der Waals surface area contributed by atoms with Crippen LogP contribution >= 0.6 is 11.8 Å². The smallest absolute Gasteiger partial charge is 0.252 e. The maximum absolute atomic E-state index is 12.7. The van der Waals surface area contributed by atoms with E-state index in [1.165, 1.54) is 16.7 Å². The highest BCUT2D eigenvalue weighted by Gasteiger charge is 2.50. The molecule has 3 rings (SSSR count). The molecule has 0 radical (unpaired) electrons. The molecule has 7 nitrogen and oxygen atoms in total. The van der Waals surface area contributed by atoms with Crippen molar-refractivity contribution in [3.8, 4) is 0 Å². The molecule has 0 unspecified atom stereocenters. The van der Waals surface area contributed by atoms with Crippen molar-refractivity contribution in [3.63, 3.8) is 0 Å². The summed E-state index contributed by atoms with van der Waals surface area (Å²) in [6.45, 7) is -0.0548. The van der Waals surface area contributed by atoms with Crippen LogP contribution in [-0.4, -0.2) is 50.4 Å². The average Bonchev–Trinajstić information content (AvgIpc) is 2.58. The summed E-state index contributed by atoms with van der Waals surface area (Å²) < 4.78 is 0. The first-order chi connectivity index (χ1) is 11.1. The summed E-state index contributed by atoms with van der Waals surface area (Å²) >= 11 is 1.22. The lowest BCUT2D eigenvalue weighted by molar-refractivity contribution is -0.158. The minimum atomic E-state index is -0.860. The predicted octanol–water partition coefficient (Wildman–Crippen LogP) is 0.757. The van der Waals surface area contributed by atoms with Gasteiger partial charge in [-0.2, -0.15) is 0 Å². The first-order valence-corrected chi connectivity index (χ1v) is 8.65. The van der Waals surface area contributed by atoms with Crippen LogP contribution in [0.25, 0.3) is 0 Å². The van der Waals surface area contributed by atoms with Gasteiger partial charge in [0.15, 0.2) is 5.16 Å². The number of carbonyl (C=O) groups is 3. The minimum Gasteiger partial charge on any atom is -0.318 e. The van der Waals surface area contributed by atoms with Crippen molar-refractivity contribution in [1.82, 2.24) is 20.2 Å². The topological polar surface area (TPSA) is 92.3 Å².